The van der Waals surface area contributed by atoms with Crippen molar-refractivity contribution in [3.8, 4) is 5.75 Å². The lowest BCUT2D eigenvalue weighted by atomic mass is 9.83. The molecule has 0 radical (unpaired) electrons. The number of hydrogen-bond acceptors (Lipinski definition) is 12. The second-order valence-corrected chi connectivity index (χ2v) is 18.4. The van der Waals surface area contributed by atoms with E-state index in [2.05, 4.69) is 42.2 Å². The predicted molar refractivity (Wildman–Crippen MR) is 256 cm³/mol. The van der Waals surface area contributed by atoms with Crippen LogP contribution >= 0.6 is 0 Å². The van der Waals surface area contributed by atoms with Gasteiger partial charge < -0.3 is 67.6 Å². The van der Waals surface area contributed by atoms with Crippen molar-refractivity contribution in [2.24, 2.45) is 11.7 Å². The smallest absolute Gasteiger partial charge is 0.317 e. The van der Waals surface area contributed by atoms with E-state index in [0.717, 1.165) is 5.39 Å². The first-order chi connectivity index (χ1) is 33.6. The monoisotopic (exact) mass is 974 g/mol. The summed E-state index contributed by atoms with van der Waals surface area (Å²) in [6, 6.07) is 6.83. The second kappa shape index (κ2) is 25.2. The molecule has 0 bridgehead atoms. The van der Waals surface area contributed by atoms with E-state index in [4.69, 9.17) is 15.9 Å². The number of aliphatic carboxylic acids is 1. The molecule has 6 rings (SSSR count). The molecule has 380 valence electrons. The molecule has 70 heavy (non-hydrogen) atoms. The topological polar surface area (TPSA) is 343 Å². The van der Waals surface area contributed by atoms with E-state index in [-0.39, 0.29) is 82.9 Å². The largest absolute Gasteiger partial charge is 0.497 e. The Labute approximate surface area is 405 Å². The summed E-state index contributed by atoms with van der Waals surface area (Å²) in [7, 11) is 1.54. The van der Waals surface area contributed by atoms with Crippen LogP contribution in [0.2, 0.25) is 0 Å². The molecule has 6 amide bonds. The molecule has 3 heterocycles. The van der Waals surface area contributed by atoms with Crippen molar-refractivity contribution in [2.75, 3.05) is 33.3 Å². The van der Waals surface area contributed by atoms with Gasteiger partial charge in [-0.3, -0.25) is 44.3 Å². The first-order valence-corrected chi connectivity index (χ1v) is 23.9. The first kappa shape index (κ1) is 52.6. The fourth-order valence-electron chi connectivity index (χ4n) is 9.44. The fraction of sp³-hybridized carbons (Fsp3) is 0.542. The molecule has 1 saturated carbocycles. The van der Waals surface area contributed by atoms with E-state index in [9.17, 15) is 48.9 Å². The number of fused-ring (bicyclic) bond motifs is 2. The Kier molecular flexibility index (Phi) is 18.9. The summed E-state index contributed by atoms with van der Waals surface area (Å²) < 4.78 is 5.38. The number of carbonyl (C=O) groups is 7. The van der Waals surface area contributed by atoms with Gasteiger partial charge in [-0.25, -0.2) is 0 Å². The number of aromatic nitrogens is 1. The number of aromatic amines is 1. The second-order valence-electron chi connectivity index (χ2n) is 18.4. The van der Waals surface area contributed by atoms with Crippen LogP contribution in [0.15, 0.2) is 54.7 Å². The van der Waals surface area contributed by atoms with Crippen molar-refractivity contribution in [1.29, 1.82) is 5.41 Å². The average Bonchev–Trinajstić information content (AvgIpc) is 3.94. The summed E-state index contributed by atoms with van der Waals surface area (Å²) in [6.07, 6.45) is 2.50. The number of guanidine groups is 1. The van der Waals surface area contributed by atoms with Crippen molar-refractivity contribution in [3.63, 3.8) is 0 Å². The van der Waals surface area contributed by atoms with Gasteiger partial charge in [0.1, 0.15) is 36.0 Å². The average molecular weight is 974 g/mol. The van der Waals surface area contributed by atoms with Gasteiger partial charge in [-0.05, 0) is 93.4 Å². The lowest BCUT2D eigenvalue weighted by molar-refractivity contribution is -0.143. The van der Waals surface area contributed by atoms with E-state index < -0.39 is 96.4 Å². The maximum absolute atomic E-state index is 14.7. The van der Waals surface area contributed by atoms with Crippen LogP contribution in [0.1, 0.15) is 75.3 Å². The predicted octanol–water partition coefficient (Wildman–Crippen LogP) is -0.980. The first-order valence-electron chi connectivity index (χ1n) is 23.9. The minimum absolute atomic E-state index is 0.0351. The third kappa shape index (κ3) is 14.9. The normalized spacial score (nSPS) is 25.5. The standard InChI is InChI=1S/C48H67N11O11/c1-70-32-15-16-33-29(24-53-36(33)23-32)21-39-45(67)55-34(9-5-18-52-48(49)50)42(64)51-17-6-10-35(56-43(65)37(54-25-41(62)63)19-27-7-3-2-4-8-27)47(69)59-26-31(61)22-40(59)46(68)58-38(44(66)57-39)20-28-11-13-30(60)14-12-28/h2-4,7-8,15-16,23-24,28,30-31,34-35,37-40,53-54,60-61H,5-6,9-14,17-22,25-26H2,1H3,(H,51,64)(H,55,67)(H,56,65)(H,57,66)(H,58,68)(H,62,63)(H4,49,50,52)/t28-,30+,31-,34+,35+,37+,38-,39+,40+/m1/s1. The highest BCUT2D eigenvalue weighted by molar-refractivity contribution is 5.97. The molecule has 0 unspecified atom stereocenters. The van der Waals surface area contributed by atoms with Crippen LogP contribution in [0.25, 0.3) is 10.9 Å². The highest BCUT2D eigenvalue weighted by Crippen LogP contribution is 2.29. The molecule has 2 saturated heterocycles. The number of carboxylic acids is 1. The molecule has 14 N–H and O–H groups in total. The summed E-state index contributed by atoms with van der Waals surface area (Å²) in [4.78, 5) is 103. The number of nitrogens with two attached hydrogens (primary N) is 1. The van der Waals surface area contributed by atoms with Gasteiger partial charge in [-0.15, -0.1) is 0 Å². The number of carboxylic acid groups (broad SMARTS) is 1. The lowest BCUT2D eigenvalue weighted by Gasteiger charge is -2.33. The fourth-order valence-corrected chi connectivity index (χ4v) is 9.44. The van der Waals surface area contributed by atoms with Crippen molar-refractivity contribution < 1.29 is 53.6 Å². The molecule has 0 spiro atoms. The molecule has 7 atom stereocenters. The highest BCUT2D eigenvalue weighted by Gasteiger charge is 2.43. The number of hydrogen-bond donors (Lipinski definition) is 13. The number of amides is 6. The van der Waals surface area contributed by atoms with Gasteiger partial charge in [0.25, 0.3) is 0 Å². The van der Waals surface area contributed by atoms with E-state index in [1.165, 1.54) is 12.0 Å². The summed E-state index contributed by atoms with van der Waals surface area (Å²) >= 11 is 0. The molecule has 22 nitrogen and oxygen atoms in total. The Morgan fingerprint density at radius 2 is 1.61 bits per heavy atom. The molecule has 1 aliphatic carbocycles. The number of methoxy groups -OCH3 is 1. The number of ether oxygens (including phenoxy) is 1. The Bertz CT molecular complexity index is 2320. The van der Waals surface area contributed by atoms with Crippen LogP contribution in [-0.4, -0.2) is 154 Å². The van der Waals surface area contributed by atoms with Gasteiger partial charge in [-0.1, -0.05) is 30.3 Å². The molecule has 3 aliphatic rings. The van der Waals surface area contributed by atoms with Crippen molar-refractivity contribution in [2.45, 2.75) is 126 Å². The molecule has 22 heteroatoms. The number of nitrogens with zero attached hydrogens (tertiary/aromatic N) is 1. The lowest BCUT2D eigenvalue weighted by Crippen LogP contribution is -2.60. The minimum Gasteiger partial charge on any atom is -0.497 e. The third-order valence-corrected chi connectivity index (χ3v) is 13.2. The van der Waals surface area contributed by atoms with Crippen LogP contribution in [-0.2, 0) is 46.4 Å². The van der Waals surface area contributed by atoms with Gasteiger partial charge in [0, 0.05) is 55.6 Å². The molecule has 2 aliphatic heterocycles. The third-order valence-electron chi connectivity index (χ3n) is 13.2. The maximum Gasteiger partial charge on any atom is 0.317 e. The summed E-state index contributed by atoms with van der Waals surface area (Å²) in [5, 5.41) is 58.6. The SMILES string of the molecule is COc1ccc2c(C[C@@H]3NC(=O)[C@@H](C[C@H]4CC[C@@H](O)CC4)NC(=O)[C@@H]4C[C@@H](O)CN4C(=O)[C@@H](NC(=O)[C@H](Cc4ccccc4)NCC(=O)O)CCCNC(=O)[C@H](CCCNC(=N)N)NC3=O)c[nH]c2c1. The summed E-state index contributed by atoms with van der Waals surface area (Å²) in [6.45, 7) is -0.669. The Balaban J connectivity index is 1.34. The van der Waals surface area contributed by atoms with Crippen molar-refractivity contribution in [3.05, 3.63) is 65.9 Å². The minimum atomic E-state index is -1.32. The van der Waals surface area contributed by atoms with Gasteiger partial charge in [0.05, 0.1) is 31.9 Å². The number of benzene rings is 2. The van der Waals surface area contributed by atoms with E-state index in [0.29, 0.717) is 48.1 Å². The van der Waals surface area contributed by atoms with E-state index in [1.807, 2.05) is 6.07 Å². The van der Waals surface area contributed by atoms with Crippen LogP contribution in [0.3, 0.4) is 0 Å². The highest BCUT2D eigenvalue weighted by atomic mass is 16.5. The maximum atomic E-state index is 14.7. The van der Waals surface area contributed by atoms with Crippen LogP contribution in [0, 0.1) is 11.3 Å². The van der Waals surface area contributed by atoms with Gasteiger partial charge in [0.15, 0.2) is 5.96 Å². The van der Waals surface area contributed by atoms with Crippen molar-refractivity contribution in [1.82, 2.24) is 47.1 Å². The molecule has 3 fully saturated rings. The molecule has 3 aromatic rings. The Morgan fingerprint density at radius 3 is 2.33 bits per heavy atom. The van der Waals surface area contributed by atoms with Crippen LogP contribution < -0.4 is 47.7 Å². The Hall–Kier alpha value is -6.78. The van der Waals surface area contributed by atoms with Crippen LogP contribution in [0.5, 0.6) is 5.75 Å². The number of rotatable bonds is 16. The van der Waals surface area contributed by atoms with Gasteiger partial charge in [-0.2, -0.15) is 0 Å². The van der Waals surface area contributed by atoms with E-state index >= 15 is 0 Å². The molecular weight excluding hydrogens is 907 g/mol. The Morgan fingerprint density at radius 1 is 0.900 bits per heavy atom. The number of carbonyl (C=O) groups excluding carboxylic acids is 6. The molecular formula is C48H67N11O11. The van der Waals surface area contributed by atoms with Crippen molar-refractivity contribution >= 4 is 58.3 Å². The summed E-state index contributed by atoms with van der Waals surface area (Å²) in [5.41, 5.74) is 7.58. The zero-order chi connectivity index (χ0) is 50.3. The van der Waals surface area contributed by atoms with Gasteiger partial charge >= 0.3 is 5.97 Å². The van der Waals surface area contributed by atoms with E-state index in [1.54, 1.807) is 48.7 Å². The number of H-pyrrole nitrogens is 1. The zero-order valence-electron chi connectivity index (χ0n) is 39.3. The van der Waals surface area contributed by atoms with Gasteiger partial charge in [0.2, 0.25) is 35.4 Å². The summed E-state index contributed by atoms with van der Waals surface area (Å²) in [5.74, 6) is -5.15. The zero-order valence-corrected chi connectivity index (χ0v) is 39.3. The quantitative estimate of drug-likeness (QED) is 0.0467. The number of aliphatic hydroxyl groups is 2. The number of aliphatic hydroxyl groups excluding tert-OH is 2. The number of nitrogens with one attached hydrogen (secondary N) is 9. The van der Waals surface area contributed by atoms with Crippen LogP contribution in [0.4, 0.5) is 0 Å². The molecule has 1 aromatic heterocycles. The molecule has 2 aromatic carbocycles.